The topological polar surface area (TPSA) is 65.1 Å². The van der Waals surface area contributed by atoms with Crippen LogP contribution in [0.4, 0.5) is 0 Å². The maximum Gasteiger partial charge on any atom is 0.225 e. The maximum absolute atomic E-state index is 12.8. The van der Waals surface area contributed by atoms with Crippen molar-refractivity contribution in [2.45, 2.75) is 69.7 Å². The Hall–Kier alpha value is -1.43. The van der Waals surface area contributed by atoms with Gasteiger partial charge in [-0.2, -0.15) is 5.10 Å². The van der Waals surface area contributed by atoms with Crippen LogP contribution in [0.1, 0.15) is 63.0 Å². The number of aromatic nitrogens is 3. The van der Waals surface area contributed by atoms with E-state index in [1.165, 1.54) is 32.1 Å². The van der Waals surface area contributed by atoms with Gasteiger partial charge in [-0.3, -0.25) is 14.8 Å². The summed E-state index contributed by atoms with van der Waals surface area (Å²) in [7, 11) is 0. The summed E-state index contributed by atoms with van der Waals surface area (Å²) in [6.07, 6.45) is 10.1. The van der Waals surface area contributed by atoms with Crippen LogP contribution in [0.25, 0.3) is 0 Å². The summed E-state index contributed by atoms with van der Waals surface area (Å²) < 4.78 is 0. The molecule has 142 valence electrons. The number of hydrogen-bond acceptors (Lipinski definition) is 4. The Morgan fingerprint density at radius 1 is 1.15 bits per heavy atom. The van der Waals surface area contributed by atoms with Gasteiger partial charge in [-0.15, -0.1) is 0 Å². The molecule has 1 amide bonds. The van der Waals surface area contributed by atoms with E-state index >= 15 is 0 Å². The molecule has 0 radical (unpaired) electrons. The fourth-order valence-electron chi connectivity index (χ4n) is 5.67. The molecule has 2 aliphatic carbocycles. The van der Waals surface area contributed by atoms with E-state index in [1.54, 1.807) is 0 Å². The third-order valence-electron chi connectivity index (χ3n) is 7.37. The van der Waals surface area contributed by atoms with Crippen LogP contribution in [-0.4, -0.2) is 63.1 Å². The van der Waals surface area contributed by atoms with Crippen molar-refractivity contribution in [3.63, 3.8) is 0 Å². The summed E-state index contributed by atoms with van der Waals surface area (Å²) in [5, 5.41) is 7.62. The zero-order valence-electron chi connectivity index (χ0n) is 15.9. The number of amides is 1. The van der Waals surface area contributed by atoms with Crippen molar-refractivity contribution in [3.05, 3.63) is 11.6 Å². The largest absolute Gasteiger partial charge is 0.341 e. The van der Waals surface area contributed by atoms with Gasteiger partial charge in [-0.25, -0.2) is 4.98 Å². The molecule has 0 bridgehead atoms. The van der Waals surface area contributed by atoms with E-state index in [0.29, 0.717) is 17.7 Å². The van der Waals surface area contributed by atoms with Gasteiger partial charge in [-0.05, 0) is 45.6 Å². The average Bonchev–Trinajstić information content (AvgIpc) is 3.30. The van der Waals surface area contributed by atoms with Gasteiger partial charge < -0.3 is 4.90 Å². The lowest BCUT2D eigenvalue weighted by atomic mass is 9.71. The molecule has 6 nitrogen and oxygen atoms in total. The number of nitrogens with one attached hydrogen (secondary N) is 1. The Balaban J connectivity index is 1.40. The summed E-state index contributed by atoms with van der Waals surface area (Å²) in [4.78, 5) is 22.4. The number of nitrogens with zero attached hydrogens (tertiary/aromatic N) is 4. The molecule has 2 saturated carbocycles. The van der Waals surface area contributed by atoms with Gasteiger partial charge in [0.05, 0.1) is 5.41 Å². The number of aryl methyl sites for hydroxylation is 1. The van der Waals surface area contributed by atoms with Gasteiger partial charge in [0, 0.05) is 37.5 Å². The number of fused-ring (bicyclic) bond motifs is 1. The number of hydrogen-bond donors (Lipinski definition) is 1. The lowest BCUT2D eigenvalue weighted by Crippen LogP contribution is -2.53. The Morgan fingerprint density at radius 3 is 2.65 bits per heavy atom. The smallest absolute Gasteiger partial charge is 0.225 e. The van der Waals surface area contributed by atoms with Crippen molar-refractivity contribution in [2.75, 3.05) is 26.2 Å². The van der Waals surface area contributed by atoms with Gasteiger partial charge >= 0.3 is 0 Å². The number of aromatic amines is 1. The van der Waals surface area contributed by atoms with Crippen molar-refractivity contribution >= 4 is 5.91 Å². The molecule has 1 aromatic rings. The molecule has 0 aromatic carbocycles. The van der Waals surface area contributed by atoms with E-state index in [2.05, 4.69) is 20.0 Å². The van der Waals surface area contributed by atoms with Crippen LogP contribution in [0.5, 0.6) is 0 Å². The molecule has 1 aromatic heterocycles. The third kappa shape index (κ3) is 2.77. The summed E-state index contributed by atoms with van der Waals surface area (Å²) >= 11 is 0. The predicted molar refractivity (Wildman–Crippen MR) is 98.7 cm³/mol. The minimum Gasteiger partial charge on any atom is -0.341 e. The molecule has 2 atom stereocenters. The highest BCUT2D eigenvalue weighted by Gasteiger charge is 2.55. The average molecular weight is 358 g/mol. The van der Waals surface area contributed by atoms with Crippen molar-refractivity contribution in [1.29, 1.82) is 0 Å². The second-order valence-electron chi connectivity index (χ2n) is 9.13. The van der Waals surface area contributed by atoms with E-state index in [1.807, 2.05) is 6.92 Å². The Kier molecular flexibility index (Phi) is 4.07. The Labute approximate surface area is 155 Å². The third-order valence-corrected chi connectivity index (χ3v) is 7.37. The lowest BCUT2D eigenvalue weighted by Gasteiger charge is -2.45. The first-order chi connectivity index (χ1) is 12.7. The van der Waals surface area contributed by atoms with Gasteiger partial charge in [-0.1, -0.05) is 19.3 Å². The second-order valence-corrected chi connectivity index (χ2v) is 9.13. The maximum atomic E-state index is 12.8. The molecular weight excluding hydrogens is 326 g/mol. The van der Waals surface area contributed by atoms with E-state index in [4.69, 9.17) is 4.98 Å². The van der Waals surface area contributed by atoms with Crippen molar-refractivity contribution in [1.82, 2.24) is 25.0 Å². The molecule has 4 fully saturated rings. The number of carbonyl (C=O) groups excluding carboxylic acids is 1. The molecule has 5 rings (SSSR count). The predicted octanol–water partition coefficient (Wildman–Crippen LogP) is 2.26. The van der Waals surface area contributed by atoms with Crippen LogP contribution in [0, 0.1) is 18.8 Å². The highest BCUT2D eigenvalue weighted by molar-refractivity contribution is 5.81. The van der Waals surface area contributed by atoms with Crippen LogP contribution in [0.3, 0.4) is 0 Å². The monoisotopic (exact) mass is 357 g/mol. The fraction of sp³-hybridized carbons (Fsp3) is 0.850. The van der Waals surface area contributed by atoms with E-state index < -0.39 is 0 Å². The SMILES string of the molecule is Cc1nc([C@@]23CCN(C4CCCCC4)C[C@@H]2CN(C(=O)C2CC2)C3)n[nH]1. The van der Waals surface area contributed by atoms with Crippen molar-refractivity contribution in [2.24, 2.45) is 11.8 Å². The zero-order valence-corrected chi connectivity index (χ0v) is 15.9. The highest BCUT2D eigenvalue weighted by atomic mass is 16.2. The van der Waals surface area contributed by atoms with Gasteiger partial charge in [0.15, 0.2) is 5.82 Å². The van der Waals surface area contributed by atoms with Crippen molar-refractivity contribution < 1.29 is 4.79 Å². The Bertz CT molecular complexity index is 677. The molecule has 26 heavy (non-hydrogen) atoms. The number of H-pyrrole nitrogens is 1. The second kappa shape index (κ2) is 6.32. The van der Waals surface area contributed by atoms with Gasteiger partial charge in [0.25, 0.3) is 0 Å². The standard InChI is InChI=1S/C20H31N5O/c1-14-21-19(23-22-14)20-9-10-24(17-5-3-2-4-6-17)11-16(20)12-25(13-20)18(26)15-7-8-15/h15-17H,2-13H2,1H3,(H,21,22,23)/t16-,20-/m1/s1. The van der Waals surface area contributed by atoms with Crippen LogP contribution in [0.15, 0.2) is 0 Å². The summed E-state index contributed by atoms with van der Waals surface area (Å²) in [5.41, 5.74) is -0.0412. The summed E-state index contributed by atoms with van der Waals surface area (Å²) in [6, 6.07) is 0.754. The summed E-state index contributed by atoms with van der Waals surface area (Å²) in [6.45, 7) is 5.92. The zero-order chi connectivity index (χ0) is 17.7. The van der Waals surface area contributed by atoms with Crippen LogP contribution >= 0.6 is 0 Å². The van der Waals surface area contributed by atoms with E-state index in [0.717, 1.165) is 63.1 Å². The fourth-order valence-corrected chi connectivity index (χ4v) is 5.67. The van der Waals surface area contributed by atoms with E-state index in [-0.39, 0.29) is 5.41 Å². The van der Waals surface area contributed by atoms with Crippen molar-refractivity contribution in [3.8, 4) is 0 Å². The molecule has 1 N–H and O–H groups in total. The summed E-state index contributed by atoms with van der Waals surface area (Å²) in [5.74, 6) is 2.99. The minimum atomic E-state index is -0.0412. The Morgan fingerprint density at radius 2 is 1.96 bits per heavy atom. The van der Waals surface area contributed by atoms with Gasteiger partial charge in [0.2, 0.25) is 5.91 Å². The van der Waals surface area contributed by atoms with Crippen LogP contribution in [-0.2, 0) is 10.2 Å². The minimum absolute atomic E-state index is 0.0412. The first-order valence-electron chi connectivity index (χ1n) is 10.6. The van der Waals surface area contributed by atoms with Gasteiger partial charge in [0.1, 0.15) is 5.82 Å². The quantitative estimate of drug-likeness (QED) is 0.901. The number of rotatable bonds is 3. The number of piperidine rings is 1. The number of carbonyl (C=O) groups is 1. The molecule has 2 aliphatic heterocycles. The van der Waals surface area contributed by atoms with Crippen LogP contribution in [0.2, 0.25) is 0 Å². The molecule has 0 unspecified atom stereocenters. The normalized spacial score (nSPS) is 33.4. The lowest BCUT2D eigenvalue weighted by molar-refractivity contribution is -0.131. The molecular formula is C20H31N5O. The van der Waals surface area contributed by atoms with Crippen LogP contribution < -0.4 is 0 Å². The molecule has 2 saturated heterocycles. The first-order valence-corrected chi connectivity index (χ1v) is 10.6. The highest BCUT2D eigenvalue weighted by Crippen LogP contribution is 2.46. The molecule has 6 heteroatoms. The number of likely N-dealkylation sites (tertiary alicyclic amines) is 2. The molecule has 0 spiro atoms. The first kappa shape index (κ1) is 16.7. The molecule has 4 aliphatic rings. The molecule has 3 heterocycles. The van der Waals surface area contributed by atoms with E-state index in [9.17, 15) is 4.79 Å².